The summed E-state index contributed by atoms with van der Waals surface area (Å²) in [6.07, 6.45) is 3.02. The molecule has 0 fully saturated rings. The van der Waals surface area contributed by atoms with Gasteiger partial charge in [-0.25, -0.2) is 0 Å². The van der Waals surface area contributed by atoms with Gasteiger partial charge in [0, 0.05) is 29.7 Å². The van der Waals surface area contributed by atoms with Gasteiger partial charge < -0.3 is 14.6 Å². The van der Waals surface area contributed by atoms with E-state index in [2.05, 4.69) is 46.4 Å². The Morgan fingerprint density at radius 1 is 1.12 bits per heavy atom. The molecule has 3 aromatic rings. The second kappa shape index (κ2) is 9.34. The van der Waals surface area contributed by atoms with E-state index in [0.29, 0.717) is 18.9 Å². The molecule has 0 aliphatic heterocycles. The summed E-state index contributed by atoms with van der Waals surface area (Å²) >= 11 is 1.54. The number of aryl methyl sites for hydroxylation is 1. The van der Waals surface area contributed by atoms with Gasteiger partial charge in [0.25, 0.3) is 0 Å². The van der Waals surface area contributed by atoms with Gasteiger partial charge in [0.15, 0.2) is 0 Å². The summed E-state index contributed by atoms with van der Waals surface area (Å²) < 4.78 is 7.65. The number of nitrogens with one attached hydrogen (secondary N) is 1. The molecular weight excluding hydrogens is 344 g/mol. The van der Waals surface area contributed by atoms with E-state index in [-0.39, 0.29) is 5.91 Å². The molecule has 0 bridgehead atoms. The van der Waals surface area contributed by atoms with E-state index in [9.17, 15) is 4.79 Å². The van der Waals surface area contributed by atoms with E-state index in [1.165, 1.54) is 10.9 Å². The molecule has 0 atom stereocenters. The first-order valence-corrected chi connectivity index (χ1v) is 9.91. The number of hydrogen-bond donors (Lipinski definition) is 1. The summed E-state index contributed by atoms with van der Waals surface area (Å²) in [7, 11) is 0. The summed E-state index contributed by atoms with van der Waals surface area (Å²) in [6.45, 7) is 4.22. The van der Waals surface area contributed by atoms with E-state index in [4.69, 9.17) is 4.74 Å². The largest absolute Gasteiger partial charge is 0.494 e. The van der Waals surface area contributed by atoms with Crippen molar-refractivity contribution in [2.24, 2.45) is 0 Å². The molecule has 1 N–H and O–H groups in total. The number of benzene rings is 2. The Morgan fingerprint density at radius 2 is 1.92 bits per heavy atom. The average molecular weight is 369 g/mol. The lowest BCUT2D eigenvalue weighted by atomic mass is 10.2. The van der Waals surface area contributed by atoms with Gasteiger partial charge in [-0.2, -0.15) is 0 Å². The second-order valence-corrected chi connectivity index (χ2v) is 7.01. The summed E-state index contributed by atoms with van der Waals surface area (Å²) in [5, 5.41) is 4.25. The Morgan fingerprint density at radius 3 is 2.73 bits per heavy atom. The van der Waals surface area contributed by atoms with Crippen molar-refractivity contribution in [3.8, 4) is 5.75 Å². The van der Waals surface area contributed by atoms with Crippen LogP contribution < -0.4 is 10.1 Å². The maximum Gasteiger partial charge on any atom is 0.230 e. The Kier molecular flexibility index (Phi) is 6.61. The van der Waals surface area contributed by atoms with Crippen molar-refractivity contribution < 1.29 is 9.53 Å². The lowest BCUT2D eigenvalue weighted by Gasteiger charge is -2.08. The number of carbonyl (C=O) groups is 1. The molecule has 5 heteroatoms. The van der Waals surface area contributed by atoms with Gasteiger partial charge in [-0.15, -0.1) is 11.8 Å². The lowest BCUT2D eigenvalue weighted by molar-refractivity contribution is -0.118. The minimum Gasteiger partial charge on any atom is -0.494 e. The van der Waals surface area contributed by atoms with Crippen molar-refractivity contribution in [2.45, 2.75) is 24.8 Å². The Labute approximate surface area is 158 Å². The molecule has 0 unspecified atom stereocenters. The highest BCUT2D eigenvalue weighted by Crippen LogP contribution is 2.21. The molecule has 0 saturated carbocycles. The normalized spacial score (nSPS) is 10.8. The van der Waals surface area contributed by atoms with Crippen LogP contribution in [0.3, 0.4) is 0 Å². The summed E-state index contributed by atoms with van der Waals surface area (Å²) in [6, 6.07) is 18.3. The first kappa shape index (κ1) is 18.4. The van der Waals surface area contributed by atoms with Gasteiger partial charge in [-0.1, -0.05) is 18.2 Å². The van der Waals surface area contributed by atoms with E-state index in [1.807, 2.05) is 31.2 Å². The van der Waals surface area contributed by atoms with Crippen LogP contribution in [0.15, 0.2) is 65.7 Å². The van der Waals surface area contributed by atoms with E-state index in [1.54, 1.807) is 11.8 Å². The highest BCUT2D eigenvalue weighted by atomic mass is 32.2. The molecule has 3 rings (SSSR count). The third-order valence-electron chi connectivity index (χ3n) is 4.08. The number of amides is 1. The molecule has 2 aromatic carbocycles. The lowest BCUT2D eigenvalue weighted by Crippen LogP contribution is -2.26. The van der Waals surface area contributed by atoms with Crippen molar-refractivity contribution in [1.82, 2.24) is 9.88 Å². The molecule has 0 saturated heterocycles. The molecular formula is C21H24N2O2S. The predicted octanol–water partition coefficient (Wildman–Crippen LogP) is 4.34. The van der Waals surface area contributed by atoms with Crippen LogP contribution in [0.4, 0.5) is 0 Å². The topological polar surface area (TPSA) is 43.3 Å². The fourth-order valence-corrected chi connectivity index (χ4v) is 3.54. The molecule has 26 heavy (non-hydrogen) atoms. The van der Waals surface area contributed by atoms with E-state index in [0.717, 1.165) is 23.6 Å². The summed E-state index contributed by atoms with van der Waals surface area (Å²) in [4.78, 5) is 13.1. The van der Waals surface area contributed by atoms with Crippen LogP contribution >= 0.6 is 11.8 Å². The number of rotatable bonds is 9. The number of para-hydroxylation sites is 1. The molecule has 0 radical (unpaired) electrons. The SMILES string of the molecule is CCOc1ccc(SCC(=O)NCCCn2ccc3ccccc32)cc1. The summed E-state index contributed by atoms with van der Waals surface area (Å²) in [5.41, 5.74) is 1.24. The van der Waals surface area contributed by atoms with Crippen LogP contribution in [0.1, 0.15) is 13.3 Å². The van der Waals surface area contributed by atoms with Gasteiger partial charge in [0.1, 0.15) is 5.75 Å². The first-order valence-electron chi connectivity index (χ1n) is 8.92. The van der Waals surface area contributed by atoms with Crippen molar-refractivity contribution in [1.29, 1.82) is 0 Å². The molecule has 1 amide bonds. The van der Waals surface area contributed by atoms with Crippen molar-refractivity contribution in [3.05, 3.63) is 60.8 Å². The van der Waals surface area contributed by atoms with Crippen LogP contribution in [0.2, 0.25) is 0 Å². The number of aromatic nitrogens is 1. The zero-order valence-corrected chi connectivity index (χ0v) is 15.8. The summed E-state index contributed by atoms with van der Waals surface area (Å²) in [5.74, 6) is 1.36. The Balaban J connectivity index is 1.36. The number of hydrogen-bond acceptors (Lipinski definition) is 3. The second-order valence-electron chi connectivity index (χ2n) is 5.96. The number of carbonyl (C=O) groups excluding carboxylic acids is 1. The smallest absolute Gasteiger partial charge is 0.230 e. The molecule has 0 aliphatic carbocycles. The van der Waals surface area contributed by atoms with Gasteiger partial charge in [-0.3, -0.25) is 4.79 Å². The zero-order valence-electron chi connectivity index (χ0n) is 15.0. The zero-order chi connectivity index (χ0) is 18.2. The Hall–Kier alpha value is -2.40. The van der Waals surface area contributed by atoms with Crippen LogP contribution in [0.25, 0.3) is 10.9 Å². The van der Waals surface area contributed by atoms with E-state index < -0.39 is 0 Å². The van der Waals surface area contributed by atoms with Crippen molar-refractivity contribution >= 4 is 28.6 Å². The minimum atomic E-state index is 0.0706. The standard InChI is InChI=1S/C21H24N2O2S/c1-2-25-18-8-10-19(11-9-18)26-16-21(24)22-13-5-14-23-15-12-17-6-3-4-7-20(17)23/h3-4,6-12,15H,2,5,13-14,16H2,1H3,(H,22,24). The third kappa shape index (κ3) is 5.05. The quantitative estimate of drug-likeness (QED) is 0.451. The average Bonchev–Trinajstić information content (AvgIpc) is 3.08. The molecule has 0 spiro atoms. The molecule has 0 aliphatic rings. The number of nitrogens with zero attached hydrogens (tertiary/aromatic N) is 1. The van der Waals surface area contributed by atoms with E-state index >= 15 is 0 Å². The van der Waals surface area contributed by atoms with Crippen LogP contribution in [-0.4, -0.2) is 29.4 Å². The Bertz CT molecular complexity index is 843. The highest BCUT2D eigenvalue weighted by Gasteiger charge is 2.04. The fourth-order valence-electron chi connectivity index (χ4n) is 2.81. The van der Waals surface area contributed by atoms with Crippen LogP contribution in [-0.2, 0) is 11.3 Å². The van der Waals surface area contributed by atoms with Crippen molar-refractivity contribution in [3.63, 3.8) is 0 Å². The maximum absolute atomic E-state index is 12.0. The van der Waals surface area contributed by atoms with Gasteiger partial charge in [0.05, 0.1) is 12.4 Å². The molecule has 1 heterocycles. The first-order chi connectivity index (χ1) is 12.8. The molecule has 1 aromatic heterocycles. The molecule has 136 valence electrons. The number of fused-ring (bicyclic) bond motifs is 1. The molecule has 4 nitrogen and oxygen atoms in total. The fraction of sp³-hybridized carbons (Fsp3) is 0.286. The van der Waals surface area contributed by atoms with Gasteiger partial charge in [0.2, 0.25) is 5.91 Å². The monoisotopic (exact) mass is 368 g/mol. The van der Waals surface area contributed by atoms with Crippen LogP contribution in [0.5, 0.6) is 5.75 Å². The van der Waals surface area contributed by atoms with Gasteiger partial charge in [-0.05, 0) is 55.1 Å². The third-order valence-corrected chi connectivity index (χ3v) is 5.09. The van der Waals surface area contributed by atoms with Crippen molar-refractivity contribution in [2.75, 3.05) is 18.9 Å². The highest BCUT2D eigenvalue weighted by molar-refractivity contribution is 8.00. The predicted molar refractivity (Wildman–Crippen MR) is 108 cm³/mol. The van der Waals surface area contributed by atoms with Gasteiger partial charge >= 0.3 is 0 Å². The number of thioether (sulfide) groups is 1. The minimum absolute atomic E-state index is 0.0706. The van der Waals surface area contributed by atoms with Crippen LogP contribution in [0, 0.1) is 0 Å². The number of ether oxygens (including phenoxy) is 1. The maximum atomic E-state index is 12.0.